The molecule has 0 bridgehead atoms. The van der Waals surface area contributed by atoms with Gasteiger partial charge >= 0.3 is 5.97 Å². The van der Waals surface area contributed by atoms with Gasteiger partial charge in [-0.05, 0) is 32.0 Å². The Balaban J connectivity index is 1.64. The number of rotatable bonds is 4. The molecular formula is C23H22N4O5. The van der Waals surface area contributed by atoms with Crippen molar-refractivity contribution in [3.63, 3.8) is 0 Å². The number of carboxylic acids is 1. The van der Waals surface area contributed by atoms with Gasteiger partial charge in [0.1, 0.15) is 17.8 Å². The van der Waals surface area contributed by atoms with Crippen molar-refractivity contribution in [2.75, 3.05) is 4.90 Å². The zero-order valence-electron chi connectivity index (χ0n) is 17.5. The third kappa shape index (κ3) is 2.71. The van der Waals surface area contributed by atoms with E-state index in [0.29, 0.717) is 16.8 Å². The number of para-hydroxylation sites is 2. The lowest BCUT2D eigenvalue weighted by atomic mass is 9.86. The van der Waals surface area contributed by atoms with E-state index in [0.717, 1.165) is 4.57 Å². The van der Waals surface area contributed by atoms with Crippen LogP contribution in [-0.4, -0.2) is 43.3 Å². The quantitative estimate of drug-likeness (QED) is 0.566. The average molecular weight is 434 g/mol. The molecule has 0 spiro atoms. The highest BCUT2D eigenvalue weighted by atomic mass is 16.4. The monoisotopic (exact) mass is 434 g/mol. The number of carbonyl (C=O) groups is 2. The molecule has 0 aliphatic carbocycles. The van der Waals surface area contributed by atoms with Gasteiger partial charge in [0, 0.05) is 12.0 Å². The molecule has 3 N–H and O–H groups in total. The third-order valence-electron chi connectivity index (χ3n) is 6.41. The predicted molar refractivity (Wildman–Crippen MR) is 116 cm³/mol. The number of amides is 1. The zero-order chi connectivity index (χ0) is 22.8. The van der Waals surface area contributed by atoms with Crippen molar-refractivity contribution in [1.29, 1.82) is 0 Å². The van der Waals surface area contributed by atoms with Gasteiger partial charge in [-0.3, -0.25) is 24.4 Å². The van der Waals surface area contributed by atoms with Crippen molar-refractivity contribution in [2.45, 2.75) is 43.6 Å². The fraction of sp³-hybridized carbons (Fsp3) is 0.304. The summed E-state index contributed by atoms with van der Waals surface area (Å²) in [5.41, 5.74) is -1.77. The van der Waals surface area contributed by atoms with Crippen LogP contribution in [0.1, 0.15) is 31.9 Å². The first-order chi connectivity index (χ1) is 15.1. The van der Waals surface area contributed by atoms with E-state index in [-0.39, 0.29) is 17.7 Å². The molecule has 1 fully saturated rings. The number of fused-ring (bicyclic) bond motifs is 4. The lowest BCUT2D eigenvalue weighted by molar-refractivity contribution is -0.144. The van der Waals surface area contributed by atoms with E-state index in [1.807, 2.05) is 0 Å². The lowest BCUT2D eigenvalue weighted by Crippen LogP contribution is -2.52. The molecule has 2 aliphatic heterocycles. The van der Waals surface area contributed by atoms with Crippen molar-refractivity contribution in [1.82, 2.24) is 14.9 Å². The molecule has 0 saturated carbocycles. The van der Waals surface area contributed by atoms with Gasteiger partial charge in [0.25, 0.3) is 5.56 Å². The van der Waals surface area contributed by atoms with Crippen LogP contribution in [0.2, 0.25) is 0 Å². The number of hydrogen-bond donors (Lipinski definition) is 3. The van der Waals surface area contributed by atoms with Crippen molar-refractivity contribution in [3.8, 4) is 0 Å². The Bertz CT molecular complexity index is 1330. The molecule has 2 aromatic carbocycles. The minimum absolute atomic E-state index is 0.220. The van der Waals surface area contributed by atoms with Gasteiger partial charge in [-0.15, -0.1) is 0 Å². The number of aliphatic carboxylic acids is 1. The number of anilines is 1. The standard InChI is InChI=1S/C23H22N4O5/c1-22(2)21(31)27-16-10-6-4-8-14(16)23(32,20(27)25-22)11-17(19(29)30)26-12-24-15-9-5-3-7-13(15)18(26)28/h3-10,12,17,20,25,32H,11H2,1-2H3,(H,29,30)/t17-,20-,23-/m0/s1. The van der Waals surface area contributed by atoms with Crippen LogP contribution in [0.15, 0.2) is 59.7 Å². The molecule has 5 rings (SSSR count). The summed E-state index contributed by atoms with van der Waals surface area (Å²) in [7, 11) is 0. The van der Waals surface area contributed by atoms with E-state index in [2.05, 4.69) is 10.3 Å². The molecule has 1 amide bonds. The van der Waals surface area contributed by atoms with E-state index in [4.69, 9.17) is 0 Å². The first-order valence-corrected chi connectivity index (χ1v) is 10.3. The summed E-state index contributed by atoms with van der Waals surface area (Å²) in [5, 5.41) is 25.4. The Kier molecular flexibility index (Phi) is 4.27. The number of aromatic nitrogens is 2. The second-order valence-corrected chi connectivity index (χ2v) is 8.82. The summed E-state index contributed by atoms with van der Waals surface area (Å²) >= 11 is 0. The van der Waals surface area contributed by atoms with Crippen LogP contribution in [-0.2, 0) is 15.2 Å². The SMILES string of the molecule is CC1(C)N[C@H]2N(C1=O)c1ccccc1[C@@]2(O)C[C@@H](C(=O)O)n1cnc2ccccc2c1=O. The second-order valence-electron chi connectivity index (χ2n) is 8.82. The molecule has 3 aromatic rings. The molecule has 9 heteroatoms. The molecule has 9 nitrogen and oxygen atoms in total. The molecule has 3 atom stereocenters. The Morgan fingerprint density at radius 2 is 1.84 bits per heavy atom. The van der Waals surface area contributed by atoms with Crippen LogP contribution >= 0.6 is 0 Å². The largest absolute Gasteiger partial charge is 0.480 e. The molecule has 164 valence electrons. The molecule has 3 heterocycles. The van der Waals surface area contributed by atoms with E-state index < -0.39 is 34.9 Å². The highest BCUT2D eigenvalue weighted by Gasteiger charge is 2.61. The second kappa shape index (κ2) is 6.72. The van der Waals surface area contributed by atoms with Crippen LogP contribution in [0.4, 0.5) is 5.69 Å². The number of hydrogen-bond acceptors (Lipinski definition) is 6. The fourth-order valence-corrected chi connectivity index (χ4v) is 4.79. The maximum atomic E-state index is 13.1. The fourth-order valence-electron chi connectivity index (χ4n) is 4.79. The molecule has 32 heavy (non-hydrogen) atoms. The van der Waals surface area contributed by atoms with Crippen molar-refractivity contribution in [2.24, 2.45) is 0 Å². The Morgan fingerprint density at radius 3 is 2.59 bits per heavy atom. The highest BCUT2D eigenvalue weighted by molar-refractivity contribution is 6.05. The van der Waals surface area contributed by atoms with Gasteiger partial charge in [-0.25, -0.2) is 9.78 Å². The third-order valence-corrected chi connectivity index (χ3v) is 6.41. The Hall–Kier alpha value is -3.56. The topological polar surface area (TPSA) is 125 Å². The summed E-state index contributed by atoms with van der Waals surface area (Å²) in [6.45, 7) is 3.42. The van der Waals surface area contributed by atoms with Gasteiger partial charge in [-0.2, -0.15) is 0 Å². The van der Waals surface area contributed by atoms with Crippen LogP contribution in [0.25, 0.3) is 10.9 Å². The Labute approximate surface area is 182 Å². The van der Waals surface area contributed by atoms with Gasteiger partial charge < -0.3 is 10.2 Å². The van der Waals surface area contributed by atoms with Crippen molar-refractivity contribution >= 4 is 28.5 Å². The Morgan fingerprint density at radius 1 is 1.16 bits per heavy atom. The molecule has 0 radical (unpaired) electrons. The summed E-state index contributed by atoms with van der Waals surface area (Å²) < 4.78 is 1.04. The minimum atomic E-state index is -1.74. The summed E-state index contributed by atoms with van der Waals surface area (Å²) in [6, 6.07) is 12.2. The molecule has 1 aromatic heterocycles. The van der Waals surface area contributed by atoms with E-state index >= 15 is 0 Å². The maximum absolute atomic E-state index is 13.1. The summed E-state index contributed by atoms with van der Waals surface area (Å²) in [6.07, 6.45) is -0.00673. The van der Waals surface area contributed by atoms with E-state index in [9.17, 15) is 24.6 Å². The van der Waals surface area contributed by atoms with Gasteiger partial charge in [0.05, 0.1) is 28.5 Å². The van der Waals surface area contributed by atoms with Crippen molar-refractivity contribution in [3.05, 3.63) is 70.8 Å². The number of nitrogens with one attached hydrogen (secondary N) is 1. The first-order valence-electron chi connectivity index (χ1n) is 10.3. The van der Waals surface area contributed by atoms with Gasteiger partial charge in [0.15, 0.2) is 0 Å². The number of carbonyl (C=O) groups excluding carboxylic acids is 1. The first kappa shape index (κ1) is 20.3. The maximum Gasteiger partial charge on any atom is 0.326 e. The van der Waals surface area contributed by atoms with Crippen molar-refractivity contribution < 1.29 is 19.8 Å². The van der Waals surface area contributed by atoms with Crippen LogP contribution in [0.3, 0.4) is 0 Å². The zero-order valence-corrected chi connectivity index (χ0v) is 17.5. The lowest BCUT2D eigenvalue weighted by Gasteiger charge is -2.33. The summed E-state index contributed by atoms with van der Waals surface area (Å²) in [4.78, 5) is 44.1. The molecule has 1 saturated heterocycles. The van der Waals surface area contributed by atoms with Crippen LogP contribution in [0, 0.1) is 0 Å². The normalized spacial score (nSPS) is 24.4. The molecule has 0 unspecified atom stereocenters. The molecule has 2 aliphatic rings. The molecular weight excluding hydrogens is 412 g/mol. The van der Waals surface area contributed by atoms with Gasteiger partial charge in [0.2, 0.25) is 5.91 Å². The van der Waals surface area contributed by atoms with Crippen LogP contribution < -0.4 is 15.8 Å². The average Bonchev–Trinajstić information content (AvgIpc) is 3.15. The highest BCUT2D eigenvalue weighted by Crippen LogP contribution is 2.50. The van der Waals surface area contributed by atoms with Crippen LogP contribution in [0.5, 0.6) is 0 Å². The minimum Gasteiger partial charge on any atom is -0.480 e. The van der Waals surface area contributed by atoms with E-state index in [1.54, 1.807) is 62.4 Å². The number of nitrogens with zero attached hydrogens (tertiary/aromatic N) is 3. The smallest absolute Gasteiger partial charge is 0.326 e. The number of carboxylic acid groups (broad SMARTS) is 1. The number of aliphatic hydroxyl groups is 1. The predicted octanol–water partition coefficient (Wildman–Crippen LogP) is 1.35. The van der Waals surface area contributed by atoms with Gasteiger partial charge in [-0.1, -0.05) is 30.3 Å². The number of benzene rings is 2. The van der Waals surface area contributed by atoms with E-state index in [1.165, 1.54) is 11.2 Å². The summed E-state index contributed by atoms with van der Waals surface area (Å²) in [5.74, 6) is -1.50.